The lowest BCUT2D eigenvalue weighted by atomic mass is 10.1. The van der Waals surface area contributed by atoms with Crippen molar-refractivity contribution in [1.82, 2.24) is 4.90 Å². The number of halogens is 1. The van der Waals surface area contributed by atoms with Crippen LogP contribution < -0.4 is 10.3 Å². The Balaban J connectivity index is 1.45. The zero-order valence-electron chi connectivity index (χ0n) is 16.1. The van der Waals surface area contributed by atoms with E-state index in [1.54, 1.807) is 24.3 Å². The molecular weight excluding hydrogens is 392 g/mol. The molecule has 0 atom stereocenters. The second kappa shape index (κ2) is 8.27. The molecule has 4 rings (SSSR count). The van der Waals surface area contributed by atoms with Crippen LogP contribution in [0.25, 0.3) is 11.0 Å². The van der Waals surface area contributed by atoms with Crippen molar-refractivity contribution in [2.24, 2.45) is 0 Å². The van der Waals surface area contributed by atoms with Crippen LogP contribution in [0.2, 0.25) is 5.02 Å². The maximum Gasteiger partial charge on any atom is 0.337 e. The molecule has 6 nitrogen and oxygen atoms in total. The minimum absolute atomic E-state index is 0.0918. The standard InChI is InChI=1S/C22H21ClN2O4/c1-28-22(27)16-5-2-4-15(12-16)14-24-8-10-25(11-9-24)20-13-19(26)17-6-3-7-18(23)21(17)29-20/h2-7,12-13H,8-11,14H2,1H3. The number of para-hydroxylation sites is 1. The molecule has 2 heterocycles. The van der Waals surface area contributed by atoms with E-state index in [1.165, 1.54) is 13.2 Å². The molecule has 29 heavy (non-hydrogen) atoms. The van der Waals surface area contributed by atoms with Gasteiger partial charge in [0.25, 0.3) is 0 Å². The van der Waals surface area contributed by atoms with Gasteiger partial charge in [0.15, 0.2) is 16.9 Å². The van der Waals surface area contributed by atoms with Gasteiger partial charge < -0.3 is 14.1 Å². The average molecular weight is 413 g/mol. The van der Waals surface area contributed by atoms with Gasteiger partial charge in [-0.3, -0.25) is 9.69 Å². The summed E-state index contributed by atoms with van der Waals surface area (Å²) in [6.07, 6.45) is 0. The first-order valence-corrected chi connectivity index (χ1v) is 9.80. The van der Waals surface area contributed by atoms with E-state index in [0.717, 1.165) is 38.3 Å². The van der Waals surface area contributed by atoms with Gasteiger partial charge in [0, 0.05) is 38.8 Å². The summed E-state index contributed by atoms with van der Waals surface area (Å²) in [4.78, 5) is 28.5. The number of esters is 1. The molecule has 1 aliphatic rings. The molecule has 0 radical (unpaired) electrons. The molecular formula is C22H21ClN2O4. The lowest BCUT2D eigenvalue weighted by Gasteiger charge is -2.35. The number of rotatable bonds is 4. The summed E-state index contributed by atoms with van der Waals surface area (Å²) in [6, 6.07) is 14.2. The largest absolute Gasteiger partial charge is 0.465 e. The Bertz CT molecular complexity index is 1100. The van der Waals surface area contributed by atoms with Crippen LogP contribution in [0.5, 0.6) is 0 Å². The first-order chi connectivity index (χ1) is 14.0. The van der Waals surface area contributed by atoms with Crippen molar-refractivity contribution in [1.29, 1.82) is 0 Å². The van der Waals surface area contributed by atoms with Crippen molar-refractivity contribution in [2.45, 2.75) is 6.54 Å². The number of benzene rings is 2. The summed E-state index contributed by atoms with van der Waals surface area (Å²) < 4.78 is 10.7. The lowest BCUT2D eigenvalue weighted by molar-refractivity contribution is 0.0600. The van der Waals surface area contributed by atoms with Gasteiger partial charge in [-0.05, 0) is 29.8 Å². The summed E-state index contributed by atoms with van der Waals surface area (Å²) in [5.41, 5.74) is 1.95. The Kier molecular flexibility index (Phi) is 5.56. The molecule has 1 aromatic heterocycles. The van der Waals surface area contributed by atoms with E-state index >= 15 is 0 Å². The average Bonchev–Trinajstić information content (AvgIpc) is 2.74. The Morgan fingerprint density at radius 2 is 1.86 bits per heavy atom. The van der Waals surface area contributed by atoms with E-state index in [4.69, 9.17) is 20.8 Å². The van der Waals surface area contributed by atoms with Gasteiger partial charge >= 0.3 is 5.97 Å². The molecule has 0 saturated carbocycles. The molecule has 7 heteroatoms. The highest BCUT2D eigenvalue weighted by molar-refractivity contribution is 6.34. The van der Waals surface area contributed by atoms with Crippen molar-refractivity contribution in [2.75, 3.05) is 38.2 Å². The number of hydrogen-bond acceptors (Lipinski definition) is 6. The number of carbonyl (C=O) groups excluding carboxylic acids is 1. The lowest BCUT2D eigenvalue weighted by Crippen LogP contribution is -2.46. The highest BCUT2D eigenvalue weighted by Crippen LogP contribution is 2.26. The van der Waals surface area contributed by atoms with E-state index in [-0.39, 0.29) is 11.4 Å². The number of anilines is 1. The van der Waals surface area contributed by atoms with E-state index in [1.807, 2.05) is 18.2 Å². The molecule has 1 fully saturated rings. The number of ether oxygens (including phenoxy) is 1. The normalized spacial score (nSPS) is 14.9. The second-order valence-corrected chi connectivity index (χ2v) is 7.43. The summed E-state index contributed by atoms with van der Waals surface area (Å²) in [5, 5.41) is 0.927. The van der Waals surface area contributed by atoms with E-state index in [2.05, 4.69) is 9.80 Å². The Labute approximate surface area is 173 Å². The molecule has 0 unspecified atom stereocenters. The van der Waals surface area contributed by atoms with Gasteiger partial charge in [0.1, 0.15) is 0 Å². The third-order valence-corrected chi connectivity index (χ3v) is 5.43. The third-order valence-electron chi connectivity index (χ3n) is 5.13. The van der Waals surface area contributed by atoms with Gasteiger partial charge in [0.2, 0.25) is 0 Å². The quantitative estimate of drug-likeness (QED) is 0.610. The van der Waals surface area contributed by atoms with Crippen LogP contribution in [-0.2, 0) is 11.3 Å². The van der Waals surface area contributed by atoms with Crippen molar-refractivity contribution in [3.05, 3.63) is 74.9 Å². The molecule has 1 saturated heterocycles. The van der Waals surface area contributed by atoms with Crippen LogP contribution in [0.1, 0.15) is 15.9 Å². The van der Waals surface area contributed by atoms with E-state index < -0.39 is 0 Å². The van der Waals surface area contributed by atoms with Crippen molar-refractivity contribution in [3.8, 4) is 0 Å². The van der Waals surface area contributed by atoms with Crippen molar-refractivity contribution < 1.29 is 13.9 Å². The van der Waals surface area contributed by atoms with Gasteiger partial charge in [-0.1, -0.05) is 29.8 Å². The number of carbonyl (C=O) groups is 1. The molecule has 0 N–H and O–H groups in total. The van der Waals surface area contributed by atoms with Crippen molar-refractivity contribution in [3.63, 3.8) is 0 Å². The molecule has 0 amide bonds. The fourth-order valence-corrected chi connectivity index (χ4v) is 3.80. The zero-order chi connectivity index (χ0) is 20.4. The van der Waals surface area contributed by atoms with Crippen LogP contribution in [-0.4, -0.2) is 44.2 Å². The van der Waals surface area contributed by atoms with Crippen LogP contribution in [0.3, 0.4) is 0 Å². The predicted molar refractivity (Wildman–Crippen MR) is 113 cm³/mol. The maximum atomic E-state index is 12.4. The Hall–Kier alpha value is -2.83. The van der Waals surface area contributed by atoms with Gasteiger partial charge in [-0.2, -0.15) is 0 Å². The fraction of sp³-hybridized carbons (Fsp3) is 0.273. The molecule has 2 aromatic carbocycles. The van der Waals surface area contributed by atoms with Crippen LogP contribution >= 0.6 is 11.6 Å². The third kappa shape index (κ3) is 4.13. The molecule has 0 bridgehead atoms. The zero-order valence-corrected chi connectivity index (χ0v) is 16.8. The summed E-state index contributed by atoms with van der Waals surface area (Å²) in [5.74, 6) is 0.213. The minimum Gasteiger partial charge on any atom is -0.465 e. The molecule has 3 aromatic rings. The Morgan fingerprint density at radius 1 is 1.10 bits per heavy atom. The number of piperazine rings is 1. The van der Waals surface area contributed by atoms with Gasteiger partial charge in [-0.15, -0.1) is 0 Å². The first-order valence-electron chi connectivity index (χ1n) is 9.42. The first kappa shape index (κ1) is 19.5. The number of nitrogens with zero attached hydrogens (tertiary/aromatic N) is 2. The molecule has 1 aliphatic heterocycles. The summed E-state index contributed by atoms with van der Waals surface area (Å²) in [7, 11) is 1.38. The Morgan fingerprint density at radius 3 is 2.62 bits per heavy atom. The molecule has 0 aliphatic carbocycles. The summed E-state index contributed by atoms with van der Waals surface area (Å²) in [6.45, 7) is 3.83. The van der Waals surface area contributed by atoms with Crippen LogP contribution in [0.15, 0.2) is 57.7 Å². The highest BCUT2D eigenvalue weighted by Gasteiger charge is 2.20. The van der Waals surface area contributed by atoms with E-state index in [0.29, 0.717) is 27.4 Å². The predicted octanol–water partition coefficient (Wildman–Crippen LogP) is 3.56. The SMILES string of the molecule is COC(=O)c1cccc(CN2CCN(c3cc(=O)c4cccc(Cl)c4o3)CC2)c1. The van der Waals surface area contributed by atoms with Gasteiger partial charge in [0.05, 0.1) is 23.1 Å². The van der Waals surface area contributed by atoms with Crippen LogP contribution in [0.4, 0.5) is 5.88 Å². The number of fused-ring (bicyclic) bond motifs is 1. The number of methoxy groups -OCH3 is 1. The van der Waals surface area contributed by atoms with Crippen LogP contribution in [0, 0.1) is 0 Å². The smallest absolute Gasteiger partial charge is 0.337 e. The molecule has 150 valence electrons. The van der Waals surface area contributed by atoms with Crippen molar-refractivity contribution >= 4 is 34.4 Å². The highest BCUT2D eigenvalue weighted by atomic mass is 35.5. The van der Waals surface area contributed by atoms with Gasteiger partial charge in [-0.25, -0.2) is 4.79 Å². The number of hydrogen-bond donors (Lipinski definition) is 0. The second-order valence-electron chi connectivity index (χ2n) is 7.02. The maximum absolute atomic E-state index is 12.4. The fourth-order valence-electron chi connectivity index (χ4n) is 3.59. The monoisotopic (exact) mass is 412 g/mol. The van der Waals surface area contributed by atoms with E-state index in [9.17, 15) is 9.59 Å². The summed E-state index contributed by atoms with van der Waals surface area (Å²) >= 11 is 6.21. The molecule has 0 spiro atoms. The minimum atomic E-state index is -0.332. The topological polar surface area (TPSA) is 63.0 Å².